The number of benzene rings is 4. The molecule has 2 unspecified atom stereocenters. The van der Waals surface area contributed by atoms with E-state index in [0.717, 1.165) is 19.1 Å². The van der Waals surface area contributed by atoms with Gasteiger partial charge in [0.2, 0.25) is 27.0 Å². The van der Waals surface area contributed by atoms with E-state index in [9.17, 15) is 42.8 Å². The lowest BCUT2D eigenvalue weighted by Crippen LogP contribution is -2.24. The van der Waals surface area contributed by atoms with E-state index in [0.29, 0.717) is 0 Å². The number of halogens is 3. The molecule has 0 fully saturated rings. The van der Waals surface area contributed by atoms with Gasteiger partial charge < -0.3 is 30.0 Å². The second-order valence-electron chi connectivity index (χ2n) is 13.8. The SMILES string of the molecule is CC(CN=c1ccc2nc3c(Cl)c4c(c(Cl)c3oc-2c1S(=O)(=O)O)Nc1ccc(N(C)C)c(S(=O)(=O)O)c1O4)Nc1nc(Cl)nc(Nc2ccc(S(=O)(=O)C(C)OS(=O)(=O)O)cc2)n1. The second-order valence-corrected chi connectivity index (χ2v) is 20.9. The van der Waals surface area contributed by atoms with Crippen molar-refractivity contribution in [2.45, 2.75) is 40.0 Å². The Bertz CT molecular complexity index is 3400. The van der Waals surface area contributed by atoms with E-state index >= 15 is 0 Å². The minimum absolute atomic E-state index is 0.0218. The Hall–Kier alpha value is -5.20. The third kappa shape index (κ3) is 9.45. The molecule has 0 amide bonds. The number of nitrogens with one attached hydrogen (secondary N) is 3. The van der Waals surface area contributed by atoms with Crippen LogP contribution in [0, 0.1) is 0 Å². The van der Waals surface area contributed by atoms with E-state index in [2.05, 4.69) is 45.1 Å². The van der Waals surface area contributed by atoms with E-state index in [1.165, 1.54) is 41.3 Å². The molecule has 4 aromatic rings. The lowest BCUT2D eigenvalue weighted by atomic mass is 10.1. The maximum Gasteiger partial charge on any atom is 0.398 e. The molecule has 2 aliphatic heterocycles. The van der Waals surface area contributed by atoms with Crippen LogP contribution in [-0.4, -0.2) is 99.4 Å². The predicted octanol–water partition coefficient (Wildman–Crippen LogP) is 5.57. The molecule has 6 N–H and O–H groups in total. The van der Waals surface area contributed by atoms with E-state index in [-0.39, 0.29) is 95.1 Å². The van der Waals surface area contributed by atoms with Gasteiger partial charge in [-0.1, -0.05) is 23.2 Å². The zero-order chi connectivity index (χ0) is 46.8. The number of hydrogen-bond donors (Lipinski definition) is 6. The molecule has 2 atom stereocenters. The predicted molar refractivity (Wildman–Crippen MR) is 232 cm³/mol. The summed E-state index contributed by atoms with van der Waals surface area (Å²) in [6, 6.07) is 9.72. The standard InChI is InChI=1S/C34H30Cl3N9O14S4/c1-14(39-33-43-32(37)44-34(45-33)40-16-5-7-17(8-6-16)61(47,48)15(2)60-64(55,56)57)13-38-20-10-9-18-26(30(20)62(49,50)51)58-28-22(35)25-29(23(36)24(28)41-18)59-27-19(42-25)11-12-21(46(3)4)31(27)63(52,53)54/h5-12,14-15,42H,13H2,1-4H3,(H,49,50,51)(H,52,53,54)(H,55,56,57)(H2,39,40,43,44,45). The number of sulfone groups is 1. The number of aromatic nitrogens is 4. The highest BCUT2D eigenvalue weighted by Gasteiger charge is 2.35. The van der Waals surface area contributed by atoms with Crippen molar-refractivity contribution in [2.75, 3.05) is 41.5 Å². The molecule has 1 aromatic heterocycles. The molecule has 30 heteroatoms. The maximum absolute atomic E-state index is 12.9. The first-order valence-corrected chi connectivity index (χ1v) is 24.6. The highest BCUT2D eigenvalue weighted by atomic mass is 35.5. The summed E-state index contributed by atoms with van der Waals surface area (Å²) < 4.78 is 144. The molecule has 3 aliphatic rings. The Morgan fingerprint density at radius 3 is 2.09 bits per heavy atom. The van der Waals surface area contributed by atoms with E-state index in [4.69, 9.17) is 48.5 Å². The number of hydrogen-bond acceptors (Lipinski definition) is 20. The van der Waals surface area contributed by atoms with Crippen LogP contribution in [0.5, 0.6) is 11.5 Å². The van der Waals surface area contributed by atoms with Crippen molar-refractivity contribution in [3.63, 3.8) is 0 Å². The summed E-state index contributed by atoms with van der Waals surface area (Å²) in [6.07, 6.45) is 0. The molecule has 64 heavy (non-hydrogen) atoms. The average molecular weight is 1020 g/mol. The highest BCUT2D eigenvalue weighted by Crippen LogP contribution is 2.55. The van der Waals surface area contributed by atoms with Crippen LogP contribution in [0.15, 0.2) is 72.6 Å². The Morgan fingerprint density at radius 2 is 1.47 bits per heavy atom. The first-order valence-electron chi connectivity index (χ1n) is 17.7. The highest BCUT2D eigenvalue weighted by molar-refractivity contribution is 7.92. The van der Waals surface area contributed by atoms with Gasteiger partial charge in [0.15, 0.2) is 38.1 Å². The van der Waals surface area contributed by atoms with Gasteiger partial charge in [0.1, 0.15) is 26.9 Å². The minimum atomic E-state index is -5.09. The lowest BCUT2D eigenvalue weighted by molar-refractivity contribution is 0.251. The fourth-order valence-electron chi connectivity index (χ4n) is 6.19. The van der Waals surface area contributed by atoms with Crippen molar-refractivity contribution in [3.8, 4) is 23.0 Å². The van der Waals surface area contributed by atoms with Crippen LogP contribution in [0.3, 0.4) is 0 Å². The first-order chi connectivity index (χ1) is 29.7. The summed E-state index contributed by atoms with van der Waals surface area (Å²) in [5, 5.41) is 7.69. The monoisotopic (exact) mass is 1020 g/mol. The fourth-order valence-corrected chi connectivity index (χ4v) is 10.5. The number of anilines is 6. The summed E-state index contributed by atoms with van der Waals surface area (Å²) in [4.78, 5) is 20.9. The van der Waals surface area contributed by atoms with Crippen molar-refractivity contribution < 1.29 is 60.7 Å². The van der Waals surface area contributed by atoms with Gasteiger partial charge in [0, 0.05) is 25.8 Å². The summed E-state index contributed by atoms with van der Waals surface area (Å²) in [5.74, 6) is -1.10. The van der Waals surface area contributed by atoms with Gasteiger partial charge >= 0.3 is 20.5 Å². The summed E-state index contributed by atoms with van der Waals surface area (Å²) in [6.45, 7) is 2.39. The van der Waals surface area contributed by atoms with Crippen LogP contribution in [0.1, 0.15) is 13.8 Å². The number of ether oxygens (including phenoxy) is 1. The van der Waals surface area contributed by atoms with Gasteiger partial charge in [0.05, 0.1) is 28.2 Å². The summed E-state index contributed by atoms with van der Waals surface area (Å²) in [7, 11) is -16.2. The van der Waals surface area contributed by atoms with Crippen LogP contribution < -0.4 is 30.9 Å². The van der Waals surface area contributed by atoms with Crippen LogP contribution >= 0.6 is 34.8 Å². The molecule has 0 saturated heterocycles. The molecule has 0 spiro atoms. The Labute approximate surface area is 378 Å². The third-order valence-electron chi connectivity index (χ3n) is 8.98. The van der Waals surface area contributed by atoms with E-state index in [1.807, 2.05) is 0 Å². The molecule has 3 aromatic carbocycles. The maximum atomic E-state index is 12.9. The topological polar surface area (TPSA) is 332 Å². The lowest BCUT2D eigenvalue weighted by Gasteiger charge is -2.27. The molecule has 3 heterocycles. The van der Waals surface area contributed by atoms with Crippen LogP contribution in [-0.2, 0) is 44.7 Å². The van der Waals surface area contributed by atoms with E-state index < -0.39 is 67.5 Å². The smallest absolute Gasteiger partial charge is 0.398 e. The summed E-state index contributed by atoms with van der Waals surface area (Å²) in [5.41, 5.74) is -2.04. The van der Waals surface area contributed by atoms with Gasteiger partial charge in [-0.25, -0.2) is 17.6 Å². The van der Waals surface area contributed by atoms with Crippen molar-refractivity contribution >= 4 is 121 Å². The molecule has 23 nitrogen and oxygen atoms in total. The summed E-state index contributed by atoms with van der Waals surface area (Å²) >= 11 is 19.7. The molecule has 1 aliphatic carbocycles. The van der Waals surface area contributed by atoms with Gasteiger partial charge in [-0.3, -0.25) is 18.7 Å². The Morgan fingerprint density at radius 1 is 0.812 bits per heavy atom. The average Bonchev–Trinajstić information content (AvgIpc) is 3.18. The van der Waals surface area contributed by atoms with Crippen molar-refractivity contribution in [3.05, 3.63) is 69.2 Å². The molecule has 7 rings (SSSR count). The molecule has 0 radical (unpaired) electrons. The van der Waals surface area contributed by atoms with E-state index in [1.54, 1.807) is 21.0 Å². The number of fused-ring (bicyclic) bond motifs is 4. The van der Waals surface area contributed by atoms with Gasteiger partial charge in [0.25, 0.3) is 10.1 Å². The third-order valence-corrected chi connectivity index (χ3v) is 14.2. The quantitative estimate of drug-likeness (QED) is 0.0607. The molecule has 0 bridgehead atoms. The van der Waals surface area contributed by atoms with Crippen LogP contribution in [0.25, 0.3) is 22.6 Å². The van der Waals surface area contributed by atoms with Gasteiger partial charge in [-0.15, -0.1) is 0 Å². The van der Waals surface area contributed by atoms with Crippen LogP contribution in [0.4, 0.5) is 34.6 Å². The van der Waals surface area contributed by atoms with Crippen molar-refractivity contribution in [1.82, 2.24) is 19.9 Å². The molecule has 0 saturated carbocycles. The number of nitrogens with zero attached hydrogens (tertiary/aromatic N) is 6. The first kappa shape index (κ1) is 46.8. The largest absolute Gasteiger partial charge is 0.450 e. The van der Waals surface area contributed by atoms with Gasteiger partial charge in [-0.05, 0) is 74.0 Å². The zero-order valence-corrected chi connectivity index (χ0v) is 38.3. The molecular weight excluding hydrogens is 993 g/mol. The van der Waals surface area contributed by atoms with Crippen molar-refractivity contribution in [2.24, 2.45) is 4.99 Å². The molecule has 340 valence electrons. The normalized spacial score (nSPS) is 14.3. The zero-order valence-electron chi connectivity index (χ0n) is 32.8. The molecular formula is C34H30Cl3N9O14S4. The van der Waals surface area contributed by atoms with Gasteiger partial charge in [-0.2, -0.15) is 40.2 Å². The minimum Gasteiger partial charge on any atom is -0.450 e. The Kier molecular flexibility index (Phi) is 12.4. The fraction of sp³-hybridized carbons (Fsp3) is 0.206. The Balaban J connectivity index is 1.17. The van der Waals surface area contributed by atoms with Crippen LogP contribution in [0.2, 0.25) is 15.3 Å². The van der Waals surface area contributed by atoms with Crippen molar-refractivity contribution in [1.29, 1.82) is 0 Å². The second kappa shape index (κ2) is 17.0. The number of rotatable bonds is 13.